The number of aliphatic hydroxyl groups excluding tert-OH is 2. The molecule has 3 N–H and O–H groups in total. The van der Waals surface area contributed by atoms with Crippen molar-refractivity contribution >= 4 is 26.3 Å². The second kappa shape index (κ2) is 12.4. The Morgan fingerprint density at radius 2 is 1.65 bits per heavy atom. The van der Waals surface area contributed by atoms with Crippen molar-refractivity contribution in [1.82, 2.24) is 0 Å². The van der Waals surface area contributed by atoms with E-state index < -0.39 is 84.8 Å². The van der Waals surface area contributed by atoms with Gasteiger partial charge in [0.15, 0.2) is 11.4 Å². The number of fused-ring (bicyclic) bond motifs is 5. The Labute approximate surface area is 284 Å². The molecule has 2 unspecified atom stereocenters. The minimum Gasteiger partial charge on any atom is -0.455 e. The van der Waals surface area contributed by atoms with E-state index in [1.165, 1.54) is 6.92 Å². The number of ether oxygens (including phenoxy) is 3. The van der Waals surface area contributed by atoms with E-state index in [9.17, 15) is 24.9 Å². The van der Waals surface area contributed by atoms with Crippen molar-refractivity contribution in [3.05, 3.63) is 47.0 Å². The van der Waals surface area contributed by atoms with E-state index in [-0.39, 0.29) is 41.7 Å². The third kappa shape index (κ3) is 5.08. The molecule has 3 aliphatic carbocycles. The Morgan fingerprint density at radius 3 is 2.15 bits per heavy atom. The number of rotatable bonds is 8. The van der Waals surface area contributed by atoms with Gasteiger partial charge in [0.05, 0.1) is 35.7 Å². The highest BCUT2D eigenvalue weighted by atomic mass is 28.4. The van der Waals surface area contributed by atoms with Crippen LogP contribution >= 0.6 is 0 Å². The average Bonchev–Trinajstić information content (AvgIpc) is 3.00. The fourth-order valence-electron chi connectivity index (χ4n) is 9.49. The fourth-order valence-corrected chi connectivity index (χ4v) is 13.2. The van der Waals surface area contributed by atoms with Crippen LogP contribution < -0.4 is 0 Å². The van der Waals surface area contributed by atoms with E-state index in [1.54, 1.807) is 65.1 Å². The van der Waals surface area contributed by atoms with Gasteiger partial charge in [-0.2, -0.15) is 0 Å². The van der Waals surface area contributed by atoms with Crippen molar-refractivity contribution in [2.24, 2.45) is 16.7 Å². The summed E-state index contributed by atoms with van der Waals surface area (Å²) in [5, 5.41) is 36.7. The zero-order valence-electron chi connectivity index (χ0n) is 29.7. The number of carbonyl (C=O) groups excluding carboxylic acids is 3. The van der Waals surface area contributed by atoms with Crippen molar-refractivity contribution in [3.8, 4) is 0 Å². The Kier molecular flexibility index (Phi) is 9.51. The normalized spacial score (nSPS) is 37.6. The van der Waals surface area contributed by atoms with Crippen LogP contribution in [0, 0.1) is 16.7 Å². The molecular formula is C36H52O11Si. The minimum absolute atomic E-state index is 0.0603. The molecule has 3 fully saturated rings. The Hall–Kier alpha value is -2.45. The van der Waals surface area contributed by atoms with E-state index in [1.807, 2.05) is 27.7 Å². The van der Waals surface area contributed by atoms with E-state index >= 15 is 4.79 Å². The van der Waals surface area contributed by atoms with Crippen LogP contribution in [0.25, 0.3) is 0 Å². The van der Waals surface area contributed by atoms with Crippen LogP contribution in [-0.2, 0) is 32.7 Å². The summed E-state index contributed by atoms with van der Waals surface area (Å²) in [5.74, 6) is -3.35. The maximum Gasteiger partial charge on any atom is 0.343 e. The molecular weight excluding hydrogens is 636 g/mol. The molecule has 2 saturated carbocycles. The number of aliphatic hydroxyl groups is 3. The van der Waals surface area contributed by atoms with Crippen LogP contribution in [-0.4, -0.2) is 97.0 Å². The fraction of sp³-hybridized carbons (Fsp3) is 0.694. The van der Waals surface area contributed by atoms with E-state index in [0.717, 1.165) is 0 Å². The summed E-state index contributed by atoms with van der Waals surface area (Å²) in [5.41, 5.74) is -6.15. The topological polar surface area (TPSA) is 158 Å². The highest BCUT2D eigenvalue weighted by Crippen LogP contribution is 2.65. The predicted molar refractivity (Wildman–Crippen MR) is 177 cm³/mol. The molecule has 266 valence electrons. The molecule has 1 aliphatic heterocycles. The molecule has 0 spiro atoms. The highest BCUT2D eigenvalue weighted by Gasteiger charge is 2.78. The molecule has 48 heavy (non-hydrogen) atoms. The maximum absolute atomic E-state index is 15.3. The van der Waals surface area contributed by atoms with Gasteiger partial charge in [0.2, 0.25) is 0 Å². The Morgan fingerprint density at radius 1 is 1.04 bits per heavy atom. The zero-order valence-corrected chi connectivity index (χ0v) is 30.7. The number of benzene rings is 1. The maximum atomic E-state index is 15.3. The van der Waals surface area contributed by atoms with Crippen molar-refractivity contribution < 1.29 is 52.8 Å². The molecule has 0 amide bonds. The molecule has 9 atom stereocenters. The molecule has 1 heterocycles. The lowest BCUT2D eigenvalue weighted by Crippen LogP contribution is -2.82. The number of carbonyl (C=O) groups is 3. The van der Waals surface area contributed by atoms with Crippen molar-refractivity contribution in [2.45, 2.75) is 128 Å². The van der Waals surface area contributed by atoms with E-state index in [2.05, 4.69) is 0 Å². The molecule has 5 rings (SSSR count). The number of ketones is 1. The molecule has 2 bridgehead atoms. The van der Waals surface area contributed by atoms with Gasteiger partial charge < -0.3 is 38.4 Å². The lowest BCUT2D eigenvalue weighted by molar-refractivity contribution is -0.345. The number of hydrogen-bond acceptors (Lipinski definition) is 11. The van der Waals surface area contributed by atoms with Gasteiger partial charge in [-0.15, -0.1) is 0 Å². The van der Waals surface area contributed by atoms with Crippen molar-refractivity contribution in [3.63, 3.8) is 0 Å². The Bertz CT molecular complexity index is 1470. The third-order valence-corrected chi connectivity index (χ3v) is 16.7. The van der Waals surface area contributed by atoms with Crippen LogP contribution in [0.1, 0.15) is 85.5 Å². The standard InChI is InChI=1S/C36H52O11Si/c1-19(2)48(43-10,20(3)4)47-25-16-26-35(18-44-26,46-22(6)37)29-31(45-32(41)23-14-12-11-13-15-23)36(42)17-24(38)21(5)27(33(36,7)8)28(39)30(40)34(25,29)9/h11-15,19-20,24-26,28-29,31,38-39,42H,16-18H2,1-10H3/t24-,25-,26+,28+,29?,31?,34+,35-,36+/m0/s1. The van der Waals surface area contributed by atoms with Crippen molar-refractivity contribution in [2.75, 3.05) is 13.7 Å². The van der Waals surface area contributed by atoms with Gasteiger partial charge in [0, 0.05) is 32.3 Å². The van der Waals surface area contributed by atoms with Gasteiger partial charge in [-0.25, -0.2) is 4.79 Å². The summed E-state index contributed by atoms with van der Waals surface area (Å²) in [6.45, 7) is 15.8. The zero-order chi connectivity index (χ0) is 35.8. The molecule has 0 radical (unpaired) electrons. The van der Waals surface area contributed by atoms with Crippen LogP contribution in [0.15, 0.2) is 41.5 Å². The molecule has 1 saturated heterocycles. The smallest absolute Gasteiger partial charge is 0.343 e. The first kappa shape index (κ1) is 36.8. The minimum atomic E-state index is -3.13. The lowest BCUT2D eigenvalue weighted by Gasteiger charge is -2.68. The quantitative estimate of drug-likeness (QED) is 0.206. The summed E-state index contributed by atoms with van der Waals surface area (Å²) >= 11 is 0. The monoisotopic (exact) mass is 688 g/mol. The molecule has 0 aromatic heterocycles. The molecule has 4 aliphatic rings. The summed E-state index contributed by atoms with van der Waals surface area (Å²) in [6.07, 6.45) is -6.53. The summed E-state index contributed by atoms with van der Waals surface area (Å²) in [7, 11) is -1.53. The van der Waals surface area contributed by atoms with Gasteiger partial charge in [-0.1, -0.05) is 59.7 Å². The predicted octanol–water partition coefficient (Wildman–Crippen LogP) is 4.01. The van der Waals surface area contributed by atoms with E-state index in [0.29, 0.717) is 5.57 Å². The first-order chi connectivity index (χ1) is 22.3. The van der Waals surface area contributed by atoms with Crippen LogP contribution in [0.2, 0.25) is 11.1 Å². The summed E-state index contributed by atoms with van der Waals surface area (Å²) in [6, 6.07) is 8.27. The van der Waals surface area contributed by atoms with Gasteiger partial charge in [0.25, 0.3) is 0 Å². The van der Waals surface area contributed by atoms with Crippen LogP contribution in [0.3, 0.4) is 0 Å². The molecule has 12 heteroatoms. The van der Waals surface area contributed by atoms with Crippen molar-refractivity contribution in [1.29, 1.82) is 0 Å². The summed E-state index contributed by atoms with van der Waals surface area (Å²) < 4.78 is 32.0. The van der Waals surface area contributed by atoms with Gasteiger partial charge in [0.1, 0.15) is 23.9 Å². The second-order valence-electron chi connectivity index (χ2n) is 15.5. The third-order valence-electron chi connectivity index (χ3n) is 12.2. The van der Waals surface area contributed by atoms with Crippen LogP contribution in [0.5, 0.6) is 0 Å². The lowest BCUT2D eigenvalue weighted by atomic mass is 9.44. The molecule has 1 aromatic rings. The SMILES string of the molecule is CO[Si](O[C@H]1C[C@H]2OC[C@@]2(OC(C)=O)C2C(OC(=O)c3ccccc3)[C@]3(O)C[C@H](O)C(C)=C([C@@H](O)C(=O)[C@@]21C)C3(C)C)(C(C)C)C(C)C. The first-order valence-corrected chi connectivity index (χ1v) is 18.9. The highest BCUT2D eigenvalue weighted by molar-refractivity contribution is 6.70. The number of Topliss-reactive ketones (excluding diaryl/α,β-unsaturated/α-hetero) is 1. The largest absolute Gasteiger partial charge is 0.455 e. The number of hydrogen-bond donors (Lipinski definition) is 3. The van der Waals surface area contributed by atoms with Gasteiger partial charge in [-0.05, 0) is 48.2 Å². The summed E-state index contributed by atoms with van der Waals surface area (Å²) in [4.78, 5) is 42.2. The first-order valence-electron chi connectivity index (χ1n) is 16.9. The van der Waals surface area contributed by atoms with Crippen LogP contribution in [0.4, 0.5) is 0 Å². The average molecular weight is 689 g/mol. The Balaban J connectivity index is 1.85. The number of esters is 2. The van der Waals surface area contributed by atoms with Gasteiger partial charge >= 0.3 is 20.5 Å². The molecule has 1 aromatic carbocycles. The van der Waals surface area contributed by atoms with E-state index in [4.69, 9.17) is 23.1 Å². The molecule has 11 nitrogen and oxygen atoms in total. The van der Waals surface area contributed by atoms with Gasteiger partial charge in [-0.3, -0.25) is 9.59 Å². The second-order valence-corrected chi connectivity index (χ2v) is 19.9.